The number of rotatable bonds is 4. The highest BCUT2D eigenvalue weighted by Gasteiger charge is 2.30. The Morgan fingerprint density at radius 3 is 2.85 bits per heavy atom. The van der Waals surface area contributed by atoms with Crippen LogP contribution in [0.4, 0.5) is 4.39 Å². The second-order valence-corrected chi connectivity index (χ2v) is 7.08. The summed E-state index contributed by atoms with van der Waals surface area (Å²) in [6.07, 6.45) is 1.83. The van der Waals surface area contributed by atoms with Crippen molar-refractivity contribution in [3.05, 3.63) is 29.6 Å². The molecule has 112 valence electrons. The van der Waals surface area contributed by atoms with E-state index in [0.717, 1.165) is 19.4 Å². The first-order chi connectivity index (χ1) is 9.45. The molecule has 1 aliphatic rings. The van der Waals surface area contributed by atoms with E-state index >= 15 is 0 Å². The maximum absolute atomic E-state index is 13.1. The van der Waals surface area contributed by atoms with Crippen LogP contribution in [0.5, 0.6) is 0 Å². The van der Waals surface area contributed by atoms with Gasteiger partial charge in [0.1, 0.15) is 5.82 Å². The van der Waals surface area contributed by atoms with Gasteiger partial charge >= 0.3 is 0 Å². The van der Waals surface area contributed by atoms with Crippen LogP contribution in [0.3, 0.4) is 0 Å². The van der Waals surface area contributed by atoms with E-state index in [4.69, 9.17) is 0 Å². The molecular formula is C14H21FN2O2S. The summed E-state index contributed by atoms with van der Waals surface area (Å²) in [4.78, 5) is 0.205. The van der Waals surface area contributed by atoms with Gasteiger partial charge < -0.3 is 5.32 Å². The Balaban J connectivity index is 2.25. The first kappa shape index (κ1) is 15.4. The van der Waals surface area contributed by atoms with Gasteiger partial charge in [0, 0.05) is 19.1 Å². The summed E-state index contributed by atoms with van der Waals surface area (Å²) < 4.78 is 39.9. The molecular weight excluding hydrogens is 279 g/mol. The van der Waals surface area contributed by atoms with E-state index in [9.17, 15) is 12.8 Å². The number of hydrogen-bond donors (Lipinski definition) is 1. The number of nitrogens with zero attached hydrogens (tertiary/aromatic N) is 1. The van der Waals surface area contributed by atoms with Crippen LogP contribution in [0, 0.1) is 12.7 Å². The lowest BCUT2D eigenvalue weighted by Gasteiger charge is -2.32. The summed E-state index contributed by atoms with van der Waals surface area (Å²) >= 11 is 0. The van der Waals surface area contributed by atoms with E-state index in [1.54, 1.807) is 6.92 Å². The summed E-state index contributed by atoms with van der Waals surface area (Å²) in [5.74, 6) is -0.411. The number of hydrogen-bond acceptors (Lipinski definition) is 3. The highest BCUT2D eigenvalue weighted by atomic mass is 32.2. The van der Waals surface area contributed by atoms with Crippen LogP contribution in [-0.2, 0) is 10.0 Å². The van der Waals surface area contributed by atoms with Gasteiger partial charge in [-0.05, 0) is 50.1 Å². The van der Waals surface area contributed by atoms with E-state index in [2.05, 4.69) is 5.32 Å². The maximum Gasteiger partial charge on any atom is 0.243 e. The zero-order chi connectivity index (χ0) is 14.8. The minimum absolute atomic E-state index is 0.198. The molecule has 20 heavy (non-hydrogen) atoms. The van der Waals surface area contributed by atoms with Gasteiger partial charge in [0.25, 0.3) is 0 Å². The van der Waals surface area contributed by atoms with Crippen LogP contribution in [0.2, 0.25) is 0 Å². The fourth-order valence-electron chi connectivity index (χ4n) is 2.66. The Morgan fingerprint density at radius 2 is 2.20 bits per heavy atom. The average molecular weight is 300 g/mol. The fraction of sp³-hybridized carbons (Fsp3) is 0.571. The third-order valence-corrected chi connectivity index (χ3v) is 5.66. The molecule has 1 heterocycles. The highest BCUT2D eigenvalue weighted by Crippen LogP contribution is 2.23. The molecule has 1 N–H and O–H groups in total. The van der Waals surface area contributed by atoms with Crippen molar-refractivity contribution >= 4 is 10.0 Å². The third kappa shape index (κ3) is 3.19. The summed E-state index contributed by atoms with van der Waals surface area (Å²) in [6, 6.07) is 4.02. The lowest BCUT2D eigenvalue weighted by atomic mass is 10.1. The quantitative estimate of drug-likeness (QED) is 0.924. The van der Waals surface area contributed by atoms with Gasteiger partial charge in [-0.15, -0.1) is 0 Å². The number of piperidine rings is 1. The monoisotopic (exact) mass is 300 g/mol. The molecule has 4 nitrogen and oxygen atoms in total. The van der Waals surface area contributed by atoms with Crippen molar-refractivity contribution in [1.82, 2.24) is 9.62 Å². The van der Waals surface area contributed by atoms with Crippen LogP contribution < -0.4 is 5.32 Å². The van der Waals surface area contributed by atoms with Crippen molar-refractivity contribution in [2.75, 3.05) is 19.6 Å². The zero-order valence-corrected chi connectivity index (χ0v) is 12.7. The molecule has 0 aromatic heterocycles. The van der Waals surface area contributed by atoms with Crippen LogP contribution in [0.25, 0.3) is 0 Å². The normalized spacial score (nSPS) is 21.1. The molecule has 1 fully saturated rings. The largest absolute Gasteiger partial charge is 0.313 e. The second-order valence-electron chi connectivity index (χ2n) is 5.17. The van der Waals surface area contributed by atoms with Gasteiger partial charge in [-0.1, -0.05) is 6.92 Å². The Morgan fingerprint density at radius 1 is 1.45 bits per heavy atom. The summed E-state index contributed by atoms with van der Waals surface area (Å²) in [5.41, 5.74) is 0.454. The number of benzene rings is 1. The molecule has 1 aromatic rings. The number of likely N-dealkylation sites (N-methyl/N-ethyl adjacent to an activating group) is 1. The molecule has 0 bridgehead atoms. The molecule has 1 unspecified atom stereocenters. The predicted molar refractivity (Wildman–Crippen MR) is 76.6 cm³/mol. The first-order valence-corrected chi connectivity index (χ1v) is 8.39. The topological polar surface area (TPSA) is 49.4 Å². The van der Waals surface area contributed by atoms with E-state index < -0.39 is 15.8 Å². The van der Waals surface area contributed by atoms with Crippen molar-refractivity contribution in [3.8, 4) is 0 Å². The predicted octanol–water partition coefficient (Wildman–Crippen LogP) is 1.90. The maximum atomic E-state index is 13.1. The molecule has 2 rings (SSSR count). The zero-order valence-electron chi connectivity index (χ0n) is 11.9. The molecule has 1 atom stereocenters. The van der Waals surface area contributed by atoms with Gasteiger partial charge in [0.05, 0.1) is 4.90 Å². The minimum atomic E-state index is -3.53. The van der Waals surface area contributed by atoms with Crippen LogP contribution in [0.1, 0.15) is 25.3 Å². The van der Waals surface area contributed by atoms with E-state index in [0.29, 0.717) is 18.7 Å². The second kappa shape index (κ2) is 6.20. The number of nitrogens with one attached hydrogen (secondary N) is 1. The Labute approximate surface area is 120 Å². The first-order valence-electron chi connectivity index (χ1n) is 6.95. The van der Waals surface area contributed by atoms with Crippen molar-refractivity contribution in [2.45, 2.75) is 37.6 Å². The summed E-state index contributed by atoms with van der Waals surface area (Å²) in [6.45, 7) is 5.47. The van der Waals surface area contributed by atoms with Gasteiger partial charge in [0.2, 0.25) is 10.0 Å². The minimum Gasteiger partial charge on any atom is -0.313 e. The van der Waals surface area contributed by atoms with Gasteiger partial charge in [-0.3, -0.25) is 0 Å². The molecule has 0 aliphatic carbocycles. The van der Waals surface area contributed by atoms with Gasteiger partial charge in [-0.2, -0.15) is 4.31 Å². The van der Waals surface area contributed by atoms with Crippen molar-refractivity contribution in [2.24, 2.45) is 0 Å². The summed E-state index contributed by atoms with van der Waals surface area (Å²) in [5, 5.41) is 3.30. The molecule has 1 saturated heterocycles. The molecule has 1 aromatic carbocycles. The molecule has 6 heteroatoms. The van der Waals surface area contributed by atoms with Crippen LogP contribution >= 0.6 is 0 Å². The molecule has 1 aliphatic heterocycles. The van der Waals surface area contributed by atoms with Gasteiger partial charge in [0.15, 0.2) is 0 Å². The summed E-state index contributed by atoms with van der Waals surface area (Å²) in [7, 11) is -3.53. The van der Waals surface area contributed by atoms with Crippen LogP contribution in [-0.4, -0.2) is 38.4 Å². The van der Waals surface area contributed by atoms with Crippen molar-refractivity contribution < 1.29 is 12.8 Å². The number of aryl methyl sites for hydroxylation is 1. The molecule has 0 spiro atoms. The van der Waals surface area contributed by atoms with E-state index in [1.165, 1.54) is 22.5 Å². The fourth-order valence-corrected chi connectivity index (χ4v) is 4.39. The standard InChI is InChI=1S/C14H21FN2O2S/c1-3-16-13-5-4-8-17(10-13)20(18,19)14-7-6-12(15)9-11(14)2/h6-7,9,13,16H,3-5,8,10H2,1-2H3. The smallest absolute Gasteiger partial charge is 0.243 e. The highest BCUT2D eigenvalue weighted by molar-refractivity contribution is 7.89. The Bertz CT molecular complexity index is 573. The van der Waals surface area contributed by atoms with E-state index in [-0.39, 0.29) is 10.9 Å². The lowest BCUT2D eigenvalue weighted by Crippen LogP contribution is -2.47. The Kier molecular flexibility index (Phi) is 4.78. The third-order valence-electron chi connectivity index (χ3n) is 3.63. The molecule has 0 radical (unpaired) electrons. The SMILES string of the molecule is CCNC1CCCN(S(=O)(=O)c2ccc(F)cc2C)C1. The molecule has 0 saturated carbocycles. The van der Waals surface area contributed by atoms with Crippen molar-refractivity contribution in [3.63, 3.8) is 0 Å². The van der Waals surface area contributed by atoms with Gasteiger partial charge in [-0.25, -0.2) is 12.8 Å². The number of halogens is 1. The Hall–Kier alpha value is -0.980. The van der Waals surface area contributed by atoms with Crippen LogP contribution in [0.15, 0.2) is 23.1 Å². The average Bonchev–Trinajstić information content (AvgIpc) is 2.39. The van der Waals surface area contributed by atoms with Crippen molar-refractivity contribution in [1.29, 1.82) is 0 Å². The molecule has 0 amide bonds. The van der Waals surface area contributed by atoms with E-state index in [1.807, 2.05) is 6.92 Å². The lowest BCUT2D eigenvalue weighted by molar-refractivity contribution is 0.286. The number of sulfonamides is 1.